The Bertz CT molecular complexity index is 977. The highest BCUT2D eigenvalue weighted by molar-refractivity contribution is 7.99. The third-order valence-electron chi connectivity index (χ3n) is 4.03. The molecule has 2 aromatic rings. The number of sulfonamides is 1. The maximum Gasteiger partial charge on any atom is 0.337 e. The molecule has 27 heavy (non-hydrogen) atoms. The van der Waals surface area contributed by atoms with Gasteiger partial charge in [-0.3, -0.25) is 4.72 Å². The number of hydrogen-bond donors (Lipinski definition) is 2. The van der Waals surface area contributed by atoms with Gasteiger partial charge in [0.2, 0.25) is 0 Å². The van der Waals surface area contributed by atoms with Crippen LogP contribution < -0.4 is 9.62 Å². The monoisotopic (exact) mass is 414 g/mol. The van der Waals surface area contributed by atoms with Crippen molar-refractivity contribution in [2.45, 2.75) is 4.90 Å². The van der Waals surface area contributed by atoms with Crippen molar-refractivity contribution in [3.63, 3.8) is 0 Å². The Hall–Kier alpha value is -2.33. The van der Waals surface area contributed by atoms with Crippen LogP contribution in [0.1, 0.15) is 10.4 Å². The van der Waals surface area contributed by atoms with Crippen LogP contribution in [0.3, 0.4) is 0 Å². The van der Waals surface area contributed by atoms with E-state index in [0.29, 0.717) is 30.9 Å². The molecule has 2 aromatic carbocycles. The summed E-state index contributed by atoms with van der Waals surface area (Å²) < 4.78 is 53.3. The molecule has 0 atom stereocenters. The fraction of sp³-hybridized carbons (Fsp3) is 0.235. The first-order chi connectivity index (χ1) is 12.8. The Labute approximate surface area is 159 Å². The van der Waals surface area contributed by atoms with Crippen LogP contribution in [-0.4, -0.2) is 44.1 Å². The minimum absolute atomic E-state index is 0.0206. The summed E-state index contributed by atoms with van der Waals surface area (Å²) in [5.74, 6) is -1.88. The highest BCUT2D eigenvalue weighted by Crippen LogP contribution is 2.28. The van der Waals surface area contributed by atoms with E-state index in [0.717, 1.165) is 17.6 Å². The van der Waals surface area contributed by atoms with Gasteiger partial charge in [-0.25, -0.2) is 22.0 Å². The number of anilines is 2. The van der Waals surface area contributed by atoms with E-state index in [1.54, 1.807) is 17.8 Å². The third-order valence-corrected chi connectivity index (χ3v) is 6.35. The van der Waals surface area contributed by atoms with Gasteiger partial charge in [0.1, 0.15) is 0 Å². The third kappa shape index (κ3) is 4.33. The first kappa shape index (κ1) is 19.4. The van der Waals surface area contributed by atoms with Crippen molar-refractivity contribution in [3.05, 3.63) is 53.6 Å². The van der Waals surface area contributed by atoms with Crippen molar-refractivity contribution in [2.75, 3.05) is 34.2 Å². The van der Waals surface area contributed by atoms with Crippen LogP contribution >= 0.6 is 11.8 Å². The molecular formula is C17H16F2N2O4S2. The summed E-state index contributed by atoms with van der Waals surface area (Å²) in [7, 11) is -4.20. The van der Waals surface area contributed by atoms with Crippen LogP contribution in [0.15, 0.2) is 41.3 Å². The van der Waals surface area contributed by atoms with E-state index in [4.69, 9.17) is 0 Å². The number of hydrogen-bond acceptors (Lipinski definition) is 5. The smallest absolute Gasteiger partial charge is 0.337 e. The number of thioether (sulfide) groups is 1. The largest absolute Gasteiger partial charge is 0.478 e. The molecule has 0 unspecified atom stereocenters. The fourth-order valence-corrected chi connectivity index (χ4v) is 4.67. The zero-order valence-electron chi connectivity index (χ0n) is 14.0. The second-order valence-corrected chi connectivity index (χ2v) is 8.73. The molecule has 0 bridgehead atoms. The van der Waals surface area contributed by atoms with Crippen LogP contribution in [0.25, 0.3) is 0 Å². The second kappa shape index (κ2) is 7.73. The van der Waals surface area contributed by atoms with E-state index in [2.05, 4.69) is 4.72 Å². The number of carbonyl (C=O) groups is 1. The van der Waals surface area contributed by atoms with E-state index in [-0.39, 0.29) is 11.3 Å². The van der Waals surface area contributed by atoms with E-state index in [1.807, 2.05) is 4.90 Å². The standard InChI is InChI=1S/C17H16F2N2O4S2/c18-14-3-2-12(10-15(14)19)27(24,25)20-11-1-4-16(13(9-11)17(22)23)21-5-7-26-8-6-21/h1-4,9-10,20H,5-8H2,(H,22,23). The van der Waals surface area contributed by atoms with Gasteiger partial charge in [0, 0.05) is 30.3 Å². The molecule has 6 nitrogen and oxygen atoms in total. The molecular weight excluding hydrogens is 398 g/mol. The summed E-state index contributed by atoms with van der Waals surface area (Å²) in [5, 5.41) is 9.50. The highest BCUT2D eigenvalue weighted by Gasteiger charge is 2.21. The maximum absolute atomic E-state index is 13.3. The van der Waals surface area contributed by atoms with Gasteiger partial charge in [0.25, 0.3) is 10.0 Å². The fourth-order valence-electron chi connectivity index (χ4n) is 2.71. The van der Waals surface area contributed by atoms with Crippen LogP contribution in [0.2, 0.25) is 0 Å². The minimum Gasteiger partial charge on any atom is -0.478 e. The SMILES string of the molecule is O=C(O)c1cc(NS(=O)(=O)c2ccc(F)c(F)c2)ccc1N1CCSCC1. The average Bonchev–Trinajstić information content (AvgIpc) is 2.64. The summed E-state index contributed by atoms with van der Waals surface area (Å²) in [4.78, 5) is 13.1. The topological polar surface area (TPSA) is 86.7 Å². The summed E-state index contributed by atoms with van der Waals surface area (Å²) in [6.07, 6.45) is 0. The zero-order valence-corrected chi connectivity index (χ0v) is 15.6. The van der Waals surface area contributed by atoms with Gasteiger partial charge in [0.05, 0.1) is 16.1 Å². The molecule has 2 N–H and O–H groups in total. The molecule has 3 rings (SSSR count). The van der Waals surface area contributed by atoms with E-state index in [1.165, 1.54) is 12.1 Å². The molecule has 1 heterocycles. The molecule has 0 aliphatic carbocycles. The number of halogens is 2. The first-order valence-corrected chi connectivity index (χ1v) is 10.6. The lowest BCUT2D eigenvalue weighted by molar-refractivity contribution is 0.0697. The highest BCUT2D eigenvalue weighted by atomic mass is 32.2. The summed E-state index contributed by atoms with van der Waals surface area (Å²) in [6, 6.07) is 6.42. The van der Waals surface area contributed by atoms with Crippen LogP contribution in [0.5, 0.6) is 0 Å². The lowest BCUT2D eigenvalue weighted by Crippen LogP contribution is -2.33. The van der Waals surface area contributed by atoms with Gasteiger partial charge >= 0.3 is 5.97 Å². The molecule has 0 amide bonds. The lowest BCUT2D eigenvalue weighted by atomic mass is 10.1. The van der Waals surface area contributed by atoms with E-state index < -0.39 is 32.5 Å². The Morgan fingerprint density at radius 2 is 1.78 bits per heavy atom. The number of nitrogens with one attached hydrogen (secondary N) is 1. The van der Waals surface area contributed by atoms with Gasteiger partial charge in [-0.2, -0.15) is 11.8 Å². The Balaban J connectivity index is 1.91. The van der Waals surface area contributed by atoms with Crippen LogP contribution in [-0.2, 0) is 10.0 Å². The summed E-state index contributed by atoms with van der Waals surface area (Å²) in [6.45, 7) is 1.40. The molecule has 1 aliphatic rings. The van der Waals surface area contributed by atoms with Gasteiger partial charge < -0.3 is 10.0 Å². The molecule has 0 saturated carbocycles. The molecule has 0 spiro atoms. The average molecular weight is 414 g/mol. The zero-order chi connectivity index (χ0) is 19.6. The number of aromatic carboxylic acids is 1. The Morgan fingerprint density at radius 1 is 1.07 bits per heavy atom. The van der Waals surface area contributed by atoms with Gasteiger partial charge in [0.15, 0.2) is 11.6 Å². The number of nitrogens with zero attached hydrogens (tertiary/aromatic N) is 1. The number of benzene rings is 2. The maximum atomic E-state index is 13.3. The molecule has 1 fully saturated rings. The quantitative estimate of drug-likeness (QED) is 0.782. The Kier molecular flexibility index (Phi) is 5.56. The number of rotatable bonds is 5. The molecule has 1 aliphatic heterocycles. The van der Waals surface area contributed by atoms with Gasteiger partial charge in [-0.15, -0.1) is 0 Å². The van der Waals surface area contributed by atoms with Crippen molar-refractivity contribution in [3.8, 4) is 0 Å². The second-order valence-electron chi connectivity index (χ2n) is 5.82. The van der Waals surface area contributed by atoms with Gasteiger partial charge in [-0.05, 0) is 36.4 Å². The molecule has 10 heteroatoms. The number of carboxylic acid groups (broad SMARTS) is 1. The van der Waals surface area contributed by atoms with Crippen molar-refractivity contribution in [2.24, 2.45) is 0 Å². The normalized spacial score (nSPS) is 14.8. The summed E-state index contributed by atoms with van der Waals surface area (Å²) in [5.41, 5.74) is 0.498. The van der Waals surface area contributed by atoms with Crippen molar-refractivity contribution in [1.82, 2.24) is 0 Å². The van der Waals surface area contributed by atoms with Crippen molar-refractivity contribution >= 4 is 39.1 Å². The molecule has 1 saturated heterocycles. The molecule has 144 valence electrons. The summed E-state index contributed by atoms with van der Waals surface area (Å²) >= 11 is 1.78. The predicted molar refractivity (Wildman–Crippen MR) is 100 cm³/mol. The molecule has 0 aromatic heterocycles. The van der Waals surface area contributed by atoms with Crippen molar-refractivity contribution in [1.29, 1.82) is 0 Å². The molecule has 0 radical (unpaired) electrons. The van der Waals surface area contributed by atoms with Crippen LogP contribution in [0.4, 0.5) is 20.2 Å². The van der Waals surface area contributed by atoms with Crippen LogP contribution in [0, 0.1) is 11.6 Å². The van der Waals surface area contributed by atoms with E-state index in [9.17, 15) is 27.1 Å². The van der Waals surface area contributed by atoms with Crippen molar-refractivity contribution < 1.29 is 27.1 Å². The first-order valence-electron chi connectivity index (χ1n) is 7.96. The minimum atomic E-state index is -4.20. The lowest BCUT2D eigenvalue weighted by Gasteiger charge is -2.29. The van der Waals surface area contributed by atoms with Gasteiger partial charge in [-0.1, -0.05) is 0 Å². The Morgan fingerprint density at radius 3 is 2.41 bits per heavy atom. The van der Waals surface area contributed by atoms with E-state index >= 15 is 0 Å². The predicted octanol–water partition coefficient (Wildman–Crippen LogP) is 3.02. The number of carboxylic acids is 1.